The number of nitrogens with zero attached hydrogens (tertiary/aromatic N) is 1. The van der Waals surface area contributed by atoms with Gasteiger partial charge in [0.25, 0.3) is 0 Å². The molecule has 0 aliphatic carbocycles. The molecule has 0 radical (unpaired) electrons. The molecule has 0 rings (SSSR count). The fourth-order valence-corrected chi connectivity index (χ4v) is 0.161. The number of hydrogen-bond donors (Lipinski definition) is 0. The van der Waals surface area contributed by atoms with Crippen LogP contribution in [0.1, 0.15) is 6.92 Å². The van der Waals surface area contributed by atoms with Crippen molar-refractivity contribution in [2.45, 2.75) is 6.92 Å². The van der Waals surface area contributed by atoms with Gasteiger partial charge < -0.3 is 0 Å². The summed E-state index contributed by atoms with van der Waals surface area (Å²) in [5, 5.41) is 0. The summed E-state index contributed by atoms with van der Waals surface area (Å²) in [6.07, 6.45) is 0.780. The second kappa shape index (κ2) is 3.07. The Labute approximate surface area is 46.7 Å². The fraction of sp³-hybridized carbons (Fsp3) is 0.200. The zero-order valence-corrected chi connectivity index (χ0v) is 4.52. The van der Waals surface area contributed by atoms with E-state index in [1.165, 1.54) is 6.92 Å². The Morgan fingerprint density at radius 1 is 1.88 bits per heavy atom. The molecule has 1 amide bonds. The average molecular weight is 115 g/mol. The number of carbonyl (C=O) groups is 1. The molecule has 0 bridgehead atoms. The Hall–Kier alpha value is -0.990. The third kappa shape index (κ3) is 5.01. The molecule has 0 aliphatic heterocycles. The monoisotopic (exact) mass is 115 g/mol. The van der Waals surface area contributed by atoms with Gasteiger partial charge in [0.15, 0.2) is 0 Å². The Morgan fingerprint density at radius 2 is 2.38 bits per heavy atom. The molecule has 0 saturated carbocycles. The summed E-state index contributed by atoms with van der Waals surface area (Å²) in [5.74, 6) is -1.14. The van der Waals surface area contributed by atoms with Gasteiger partial charge in [-0.05, 0) is 0 Å². The molecule has 3 heteroatoms. The van der Waals surface area contributed by atoms with Crippen molar-refractivity contribution < 1.29 is 9.18 Å². The van der Waals surface area contributed by atoms with E-state index in [1.54, 1.807) is 0 Å². The lowest BCUT2D eigenvalue weighted by Gasteiger charge is -1.76. The topological polar surface area (TPSA) is 29.4 Å². The van der Waals surface area contributed by atoms with Gasteiger partial charge in [0.1, 0.15) is 5.83 Å². The normalized spacial score (nSPS) is 9.75. The molecular weight excluding hydrogens is 109 g/mol. The van der Waals surface area contributed by atoms with E-state index in [4.69, 9.17) is 0 Å². The van der Waals surface area contributed by atoms with Gasteiger partial charge in [0, 0.05) is 6.92 Å². The van der Waals surface area contributed by atoms with Crippen LogP contribution >= 0.6 is 0 Å². The zero-order chi connectivity index (χ0) is 6.57. The maximum atomic E-state index is 11.6. The molecule has 0 aromatic rings. The molecule has 0 fully saturated rings. The van der Waals surface area contributed by atoms with Crippen molar-refractivity contribution in [3.05, 3.63) is 12.4 Å². The van der Waals surface area contributed by atoms with Crippen molar-refractivity contribution in [2.24, 2.45) is 4.99 Å². The SMILES string of the molecule is C=C(F)/C=N\C(C)=O. The summed E-state index contributed by atoms with van der Waals surface area (Å²) in [4.78, 5) is 13.0. The van der Waals surface area contributed by atoms with Gasteiger partial charge >= 0.3 is 0 Å². The molecule has 8 heavy (non-hydrogen) atoms. The highest BCUT2D eigenvalue weighted by Crippen LogP contribution is 1.83. The van der Waals surface area contributed by atoms with Crippen LogP contribution in [0.2, 0.25) is 0 Å². The van der Waals surface area contributed by atoms with Gasteiger partial charge in [0.2, 0.25) is 5.91 Å². The summed E-state index contributed by atoms with van der Waals surface area (Å²) in [5.41, 5.74) is 0. The number of amides is 1. The van der Waals surface area contributed by atoms with E-state index in [0.717, 1.165) is 6.21 Å². The van der Waals surface area contributed by atoms with Crippen molar-refractivity contribution in [1.29, 1.82) is 0 Å². The van der Waals surface area contributed by atoms with Crippen molar-refractivity contribution in [3.8, 4) is 0 Å². The summed E-state index contributed by atoms with van der Waals surface area (Å²) in [6, 6.07) is 0. The Morgan fingerprint density at radius 3 is 2.50 bits per heavy atom. The van der Waals surface area contributed by atoms with Crippen LogP contribution in [0.4, 0.5) is 4.39 Å². The van der Waals surface area contributed by atoms with Gasteiger partial charge in [-0.25, -0.2) is 9.38 Å². The van der Waals surface area contributed by atoms with Crippen molar-refractivity contribution in [3.63, 3.8) is 0 Å². The van der Waals surface area contributed by atoms with Crippen molar-refractivity contribution >= 4 is 12.1 Å². The average Bonchev–Trinajstić information content (AvgIpc) is 1.61. The van der Waals surface area contributed by atoms with Crippen LogP contribution in [0.25, 0.3) is 0 Å². The minimum absolute atomic E-state index is 0.427. The number of halogens is 1. The summed E-state index contributed by atoms with van der Waals surface area (Å²) in [6.45, 7) is 4.09. The second-order valence-corrected chi connectivity index (χ2v) is 1.22. The van der Waals surface area contributed by atoms with E-state index in [2.05, 4.69) is 11.6 Å². The third-order valence-corrected chi connectivity index (χ3v) is 0.386. The van der Waals surface area contributed by atoms with Gasteiger partial charge in [-0.2, -0.15) is 0 Å². The first kappa shape index (κ1) is 7.01. The molecule has 44 valence electrons. The Balaban J connectivity index is 3.67. The molecule has 0 aliphatic rings. The van der Waals surface area contributed by atoms with E-state index in [9.17, 15) is 9.18 Å². The molecule has 0 spiro atoms. The van der Waals surface area contributed by atoms with E-state index in [1.807, 2.05) is 0 Å². The van der Waals surface area contributed by atoms with Crippen LogP contribution in [0.3, 0.4) is 0 Å². The molecular formula is C5H6FNO. The van der Waals surface area contributed by atoms with Gasteiger partial charge in [-0.1, -0.05) is 6.58 Å². The highest BCUT2D eigenvalue weighted by Gasteiger charge is 1.82. The summed E-state index contributed by atoms with van der Waals surface area (Å²) in [7, 11) is 0. The first-order valence-corrected chi connectivity index (χ1v) is 2.02. The van der Waals surface area contributed by atoms with Gasteiger partial charge in [0.05, 0.1) is 6.21 Å². The zero-order valence-electron chi connectivity index (χ0n) is 4.52. The first-order valence-electron chi connectivity index (χ1n) is 2.02. The minimum atomic E-state index is -0.708. The predicted octanol–water partition coefficient (Wildman–Crippen LogP) is 1.09. The largest absolute Gasteiger partial charge is 0.273 e. The fourth-order valence-electron chi connectivity index (χ4n) is 0.161. The quantitative estimate of drug-likeness (QED) is 0.470. The van der Waals surface area contributed by atoms with E-state index < -0.39 is 11.7 Å². The van der Waals surface area contributed by atoms with Crippen molar-refractivity contribution in [1.82, 2.24) is 0 Å². The number of allylic oxidation sites excluding steroid dienone is 1. The van der Waals surface area contributed by atoms with E-state index in [0.29, 0.717) is 0 Å². The second-order valence-electron chi connectivity index (χ2n) is 1.22. The first-order chi connectivity index (χ1) is 3.63. The summed E-state index contributed by atoms with van der Waals surface area (Å²) >= 11 is 0. The molecule has 0 N–H and O–H groups in total. The summed E-state index contributed by atoms with van der Waals surface area (Å²) < 4.78 is 11.6. The Kier molecular flexibility index (Phi) is 2.69. The molecule has 0 aromatic carbocycles. The van der Waals surface area contributed by atoms with Crippen LogP contribution in [0.5, 0.6) is 0 Å². The maximum absolute atomic E-state index is 11.6. The van der Waals surface area contributed by atoms with Crippen LogP contribution in [0, 0.1) is 0 Å². The molecule has 2 nitrogen and oxygen atoms in total. The number of aliphatic imine (C=N–C) groups is 1. The number of hydrogen-bond acceptors (Lipinski definition) is 1. The lowest BCUT2D eigenvalue weighted by Crippen LogP contribution is -1.82. The highest BCUT2D eigenvalue weighted by molar-refractivity contribution is 5.88. The van der Waals surface area contributed by atoms with Crippen LogP contribution in [-0.4, -0.2) is 12.1 Å². The van der Waals surface area contributed by atoms with E-state index in [-0.39, 0.29) is 0 Å². The predicted molar refractivity (Wildman–Crippen MR) is 29.4 cm³/mol. The van der Waals surface area contributed by atoms with Crippen LogP contribution in [-0.2, 0) is 4.79 Å². The molecule has 0 unspecified atom stereocenters. The standard InChI is InChI=1S/C5H6FNO/c1-4(6)3-7-5(2)8/h3H,1H2,2H3/b7-3-. The molecule has 0 saturated heterocycles. The molecule has 0 heterocycles. The number of carbonyl (C=O) groups excluding carboxylic acids is 1. The molecule has 0 aromatic heterocycles. The number of rotatable bonds is 1. The minimum Gasteiger partial charge on any atom is -0.273 e. The highest BCUT2D eigenvalue weighted by atomic mass is 19.1. The van der Waals surface area contributed by atoms with Gasteiger partial charge in [-0.15, -0.1) is 0 Å². The van der Waals surface area contributed by atoms with E-state index >= 15 is 0 Å². The lowest BCUT2D eigenvalue weighted by atomic mass is 10.6. The Bertz CT molecular complexity index is 123. The maximum Gasteiger partial charge on any atom is 0.242 e. The smallest absolute Gasteiger partial charge is 0.242 e. The van der Waals surface area contributed by atoms with Crippen LogP contribution < -0.4 is 0 Å². The van der Waals surface area contributed by atoms with Crippen molar-refractivity contribution in [2.75, 3.05) is 0 Å². The molecule has 0 atom stereocenters. The van der Waals surface area contributed by atoms with Gasteiger partial charge in [-0.3, -0.25) is 4.79 Å². The van der Waals surface area contributed by atoms with Crippen LogP contribution in [0.15, 0.2) is 17.4 Å². The lowest BCUT2D eigenvalue weighted by molar-refractivity contribution is -0.115. The third-order valence-electron chi connectivity index (χ3n) is 0.386.